The second-order valence-corrected chi connectivity index (χ2v) is 12.1. The van der Waals surface area contributed by atoms with Gasteiger partial charge in [0.05, 0.1) is 29.9 Å². The molecule has 0 saturated heterocycles. The number of thiazole rings is 1. The van der Waals surface area contributed by atoms with Crippen LogP contribution in [0.25, 0.3) is 10.2 Å². The number of halogens is 1. The average Bonchev–Trinajstić information content (AvgIpc) is 3.41. The Bertz CT molecular complexity index is 1360. The molecular formula is C28H41ClN4O6S2. The van der Waals surface area contributed by atoms with Gasteiger partial charge in [-0.1, -0.05) is 31.3 Å². The Hall–Kier alpha value is -2.32. The first-order chi connectivity index (χ1) is 19.2. The monoisotopic (exact) mass is 628 g/mol. The maximum atomic E-state index is 13.9. The molecule has 0 saturated carbocycles. The number of anilines is 1. The van der Waals surface area contributed by atoms with E-state index in [1.165, 1.54) is 42.0 Å². The molecule has 3 aromatic rings. The molecule has 2 aromatic carbocycles. The predicted molar refractivity (Wildman–Crippen MR) is 167 cm³/mol. The molecule has 0 unspecified atom stereocenters. The van der Waals surface area contributed by atoms with Crippen molar-refractivity contribution >= 4 is 55.0 Å². The summed E-state index contributed by atoms with van der Waals surface area (Å²) in [6.07, 6.45) is 0. The smallest absolute Gasteiger partial charge is 0.260 e. The second kappa shape index (κ2) is 16.4. The van der Waals surface area contributed by atoms with Gasteiger partial charge in [-0.15, -0.1) is 12.4 Å². The highest BCUT2D eigenvalue weighted by Crippen LogP contribution is 2.37. The van der Waals surface area contributed by atoms with Crippen LogP contribution in [0.4, 0.5) is 5.13 Å². The minimum absolute atomic E-state index is 0. The van der Waals surface area contributed by atoms with Crippen LogP contribution in [-0.4, -0.2) is 102 Å². The number of ether oxygens (including phenoxy) is 3. The number of nitrogens with zero attached hydrogens (tertiary/aromatic N) is 4. The van der Waals surface area contributed by atoms with E-state index in [0.717, 1.165) is 28.9 Å². The molecule has 13 heteroatoms. The van der Waals surface area contributed by atoms with Crippen LogP contribution in [0.1, 0.15) is 29.8 Å². The summed E-state index contributed by atoms with van der Waals surface area (Å²) in [7, 11) is 0.852. The third kappa shape index (κ3) is 8.38. The zero-order valence-electron chi connectivity index (χ0n) is 24.6. The van der Waals surface area contributed by atoms with E-state index >= 15 is 0 Å². The lowest BCUT2D eigenvalue weighted by Gasteiger charge is -2.25. The summed E-state index contributed by atoms with van der Waals surface area (Å²) in [5.41, 5.74) is 2.15. The molecular weight excluding hydrogens is 588 g/mol. The number of sulfonamides is 1. The van der Waals surface area contributed by atoms with E-state index in [4.69, 9.17) is 19.2 Å². The molecule has 1 amide bonds. The third-order valence-corrected chi connectivity index (χ3v) is 9.88. The fourth-order valence-corrected chi connectivity index (χ4v) is 6.74. The Labute approximate surface area is 253 Å². The molecule has 0 atom stereocenters. The van der Waals surface area contributed by atoms with Gasteiger partial charge in [0.25, 0.3) is 5.91 Å². The number of carbonyl (C=O) groups is 1. The Morgan fingerprint density at radius 2 is 1.51 bits per heavy atom. The van der Waals surface area contributed by atoms with Gasteiger partial charge < -0.3 is 19.1 Å². The average molecular weight is 629 g/mol. The van der Waals surface area contributed by atoms with Crippen LogP contribution in [0.2, 0.25) is 0 Å². The molecule has 3 rings (SSSR count). The number of aryl methyl sites for hydroxylation is 1. The van der Waals surface area contributed by atoms with Crippen LogP contribution >= 0.6 is 23.7 Å². The molecule has 0 aliphatic carbocycles. The SMILES string of the molecule is CCN(CC)CCN(C(=O)c1ccc(S(=O)(=O)N(CCOC)CCOC)cc1)c1nc2c(OC)ccc(C)c2s1.Cl. The third-order valence-electron chi connectivity index (χ3n) is 6.75. The number of fused-ring (bicyclic) bond motifs is 1. The highest BCUT2D eigenvalue weighted by Gasteiger charge is 2.27. The zero-order chi connectivity index (χ0) is 29.3. The lowest BCUT2D eigenvalue weighted by atomic mass is 10.2. The van der Waals surface area contributed by atoms with Gasteiger partial charge in [0.15, 0.2) is 5.13 Å². The lowest BCUT2D eigenvalue weighted by molar-refractivity contribution is 0.0983. The first-order valence-corrected chi connectivity index (χ1v) is 15.5. The maximum Gasteiger partial charge on any atom is 0.260 e. The number of hydrogen-bond donors (Lipinski definition) is 0. The van der Waals surface area contributed by atoms with Crippen LogP contribution < -0.4 is 9.64 Å². The minimum Gasteiger partial charge on any atom is -0.494 e. The molecule has 0 bridgehead atoms. The van der Waals surface area contributed by atoms with Gasteiger partial charge in [-0.2, -0.15) is 4.31 Å². The molecule has 1 aromatic heterocycles. The van der Waals surface area contributed by atoms with Crippen molar-refractivity contribution in [3.63, 3.8) is 0 Å². The maximum absolute atomic E-state index is 13.9. The van der Waals surface area contributed by atoms with Gasteiger partial charge in [0, 0.05) is 46.0 Å². The van der Waals surface area contributed by atoms with Crippen LogP contribution in [0.15, 0.2) is 41.3 Å². The first-order valence-electron chi connectivity index (χ1n) is 13.3. The largest absolute Gasteiger partial charge is 0.494 e. The van der Waals surface area contributed by atoms with Crippen molar-refractivity contribution in [2.75, 3.05) is 78.7 Å². The van der Waals surface area contributed by atoms with Crippen molar-refractivity contribution in [3.05, 3.63) is 47.5 Å². The summed E-state index contributed by atoms with van der Waals surface area (Å²) >= 11 is 1.45. The van der Waals surface area contributed by atoms with Gasteiger partial charge in [-0.3, -0.25) is 9.69 Å². The van der Waals surface area contributed by atoms with Crippen molar-refractivity contribution in [2.24, 2.45) is 0 Å². The van der Waals surface area contributed by atoms with Crippen molar-refractivity contribution in [1.82, 2.24) is 14.2 Å². The Balaban J connectivity index is 0.00000588. The lowest BCUT2D eigenvalue weighted by Crippen LogP contribution is -2.39. The number of carbonyl (C=O) groups excluding carboxylic acids is 1. The minimum atomic E-state index is -3.80. The summed E-state index contributed by atoms with van der Waals surface area (Å²) in [5, 5.41) is 0.571. The zero-order valence-corrected chi connectivity index (χ0v) is 27.0. The fourth-order valence-electron chi connectivity index (χ4n) is 4.26. The van der Waals surface area contributed by atoms with Gasteiger partial charge in [0.2, 0.25) is 10.0 Å². The number of hydrogen-bond acceptors (Lipinski definition) is 9. The Morgan fingerprint density at radius 3 is 2.05 bits per heavy atom. The second-order valence-electron chi connectivity index (χ2n) is 9.16. The van der Waals surface area contributed by atoms with E-state index in [-0.39, 0.29) is 49.5 Å². The van der Waals surface area contributed by atoms with Crippen molar-refractivity contribution in [2.45, 2.75) is 25.7 Å². The number of rotatable bonds is 16. The summed E-state index contributed by atoms with van der Waals surface area (Å²) in [4.78, 5) is 22.7. The molecule has 0 radical (unpaired) electrons. The summed E-state index contributed by atoms with van der Waals surface area (Å²) in [6.45, 7) is 9.92. The Morgan fingerprint density at radius 1 is 0.902 bits per heavy atom. The van der Waals surface area contributed by atoms with E-state index in [1.807, 2.05) is 19.1 Å². The molecule has 228 valence electrons. The van der Waals surface area contributed by atoms with E-state index in [0.29, 0.717) is 29.5 Å². The van der Waals surface area contributed by atoms with Gasteiger partial charge in [0.1, 0.15) is 11.3 Å². The normalized spacial score (nSPS) is 11.7. The topological polar surface area (TPSA) is 102 Å². The van der Waals surface area contributed by atoms with Crippen molar-refractivity contribution in [3.8, 4) is 5.75 Å². The fraction of sp³-hybridized carbons (Fsp3) is 0.500. The van der Waals surface area contributed by atoms with E-state index in [1.54, 1.807) is 24.1 Å². The van der Waals surface area contributed by atoms with Crippen molar-refractivity contribution < 1.29 is 27.4 Å². The summed E-state index contributed by atoms with van der Waals surface area (Å²) < 4.78 is 44.6. The number of methoxy groups -OCH3 is 3. The molecule has 0 spiro atoms. The molecule has 10 nitrogen and oxygen atoms in total. The molecule has 41 heavy (non-hydrogen) atoms. The molecule has 1 heterocycles. The number of benzene rings is 2. The van der Waals surface area contributed by atoms with Crippen LogP contribution in [0, 0.1) is 6.92 Å². The molecule has 0 N–H and O–H groups in total. The van der Waals surface area contributed by atoms with E-state index < -0.39 is 10.0 Å². The number of amides is 1. The predicted octanol–water partition coefficient (Wildman–Crippen LogP) is 4.31. The van der Waals surface area contributed by atoms with E-state index in [9.17, 15) is 13.2 Å². The number of likely N-dealkylation sites (N-methyl/N-ethyl adjacent to an activating group) is 1. The summed E-state index contributed by atoms with van der Waals surface area (Å²) in [5.74, 6) is 0.405. The Kier molecular flexibility index (Phi) is 13.9. The highest BCUT2D eigenvalue weighted by molar-refractivity contribution is 7.89. The van der Waals surface area contributed by atoms with Crippen LogP contribution in [-0.2, 0) is 19.5 Å². The molecule has 0 aliphatic rings. The van der Waals surface area contributed by atoms with Gasteiger partial charge in [-0.05, 0) is 55.9 Å². The van der Waals surface area contributed by atoms with Crippen LogP contribution in [0.5, 0.6) is 5.75 Å². The molecule has 0 fully saturated rings. The summed E-state index contributed by atoms with van der Waals surface area (Å²) in [6, 6.07) is 9.93. The standard InChI is InChI=1S/C28H40N4O6S2.ClH/c1-7-30(8-2)15-16-32(28-29-25-24(38-6)14-9-21(3)26(25)39-28)27(33)22-10-12-23(13-11-22)40(34,35)31(17-19-36-4)18-20-37-5;/h9-14H,7-8,15-20H2,1-6H3;1H. The van der Waals surface area contributed by atoms with Gasteiger partial charge in [-0.25, -0.2) is 13.4 Å². The number of aromatic nitrogens is 1. The van der Waals surface area contributed by atoms with E-state index in [2.05, 4.69) is 18.7 Å². The van der Waals surface area contributed by atoms with Gasteiger partial charge >= 0.3 is 0 Å². The van der Waals surface area contributed by atoms with Crippen molar-refractivity contribution in [1.29, 1.82) is 0 Å². The highest BCUT2D eigenvalue weighted by atomic mass is 35.5. The first kappa shape index (κ1) is 34.9. The quantitative estimate of drug-likeness (QED) is 0.231. The molecule has 0 aliphatic heterocycles. The van der Waals surface area contributed by atoms with Crippen LogP contribution in [0.3, 0.4) is 0 Å².